The first-order chi connectivity index (χ1) is 13.2. The van der Waals surface area contributed by atoms with E-state index in [0.29, 0.717) is 18.9 Å². The van der Waals surface area contributed by atoms with Crippen molar-refractivity contribution in [3.8, 4) is 0 Å². The summed E-state index contributed by atoms with van der Waals surface area (Å²) in [5.41, 5.74) is 1.02. The number of nitrogens with zero attached hydrogens (tertiary/aromatic N) is 4. The summed E-state index contributed by atoms with van der Waals surface area (Å²) in [5, 5.41) is 6.21. The number of carbonyl (C=O) groups excluding carboxylic acids is 1. The van der Waals surface area contributed by atoms with E-state index in [2.05, 4.69) is 37.4 Å². The van der Waals surface area contributed by atoms with Crippen LogP contribution in [0.25, 0.3) is 0 Å². The lowest BCUT2D eigenvalue weighted by Crippen LogP contribution is -2.36. The first-order valence-electron chi connectivity index (χ1n) is 9.71. The summed E-state index contributed by atoms with van der Waals surface area (Å²) in [5.74, 6) is 2.44. The van der Waals surface area contributed by atoms with Gasteiger partial charge in [0.1, 0.15) is 18.0 Å². The molecule has 1 aliphatic rings. The van der Waals surface area contributed by atoms with Gasteiger partial charge in [-0.25, -0.2) is 9.97 Å². The van der Waals surface area contributed by atoms with Gasteiger partial charge in [-0.1, -0.05) is 6.07 Å². The molecule has 2 aromatic heterocycles. The van der Waals surface area contributed by atoms with Crippen molar-refractivity contribution in [3.63, 3.8) is 0 Å². The molecule has 1 saturated heterocycles. The lowest BCUT2D eigenvalue weighted by molar-refractivity contribution is -0.121. The van der Waals surface area contributed by atoms with E-state index in [4.69, 9.17) is 0 Å². The van der Waals surface area contributed by atoms with E-state index < -0.39 is 0 Å². The first kappa shape index (κ1) is 19.1. The Morgan fingerprint density at radius 2 is 2.30 bits per heavy atom. The SMILES string of the molecule is CCNc1cc(N2CCC[C@H](CCC(=O)NCc3cccnc3)C2)ncn1. The minimum atomic E-state index is 0.104. The lowest BCUT2D eigenvalue weighted by atomic mass is 9.93. The van der Waals surface area contributed by atoms with Crippen LogP contribution < -0.4 is 15.5 Å². The van der Waals surface area contributed by atoms with Gasteiger partial charge < -0.3 is 15.5 Å². The second-order valence-electron chi connectivity index (χ2n) is 6.92. The zero-order valence-corrected chi connectivity index (χ0v) is 15.9. The van der Waals surface area contributed by atoms with Gasteiger partial charge in [0.05, 0.1) is 0 Å². The van der Waals surface area contributed by atoms with Crippen LogP contribution in [0, 0.1) is 5.92 Å². The van der Waals surface area contributed by atoms with Gasteiger partial charge in [0, 0.05) is 51.1 Å². The summed E-state index contributed by atoms with van der Waals surface area (Å²) in [7, 11) is 0. The van der Waals surface area contributed by atoms with E-state index in [9.17, 15) is 4.79 Å². The molecule has 0 saturated carbocycles. The molecule has 0 radical (unpaired) electrons. The van der Waals surface area contributed by atoms with Gasteiger partial charge in [-0.05, 0) is 43.7 Å². The molecule has 0 spiro atoms. The van der Waals surface area contributed by atoms with E-state index in [1.54, 1.807) is 18.7 Å². The maximum atomic E-state index is 12.2. The van der Waals surface area contributed by atoms with E-state index in [1.807, 2.05) is 18.2 Å². The van der Waals surface area contributed by atoms with Crippen LogP contribution in [-0.4, -0.2) is 40.5 Å². The summed E-state index contributed by atoms with van der Waals surface area (Å²) in [4.78, 5) is 27.2. The molecule has 1 amide bonds. The van der Waals surface area contributed by atoms with Crippen LogP contribution in [-0.2, 0) is 11.3 Å². The van der Waals surface area contributed by atoms with E-state index in [1.165, 1.54) is 0 Å². The molecule has 1 atom stereocenters. The van der Waals surface area contributed by atoms with Gasteiger partial charge in [-0.3, -0.25) is 9.78 Å². The van der Waals surface area contributed by atoms with Crippen LogP contribution in [0.5, 0.6) is 0 Å². The van der Waals surface area contributed by atoms with Crippen LogP contribution in [0.4, 0.5) is 11.6 Å². The molecular weight excluding hydrogens is 340 g/mol. The Labute approximate surface area is 160 Å². The molecule has 144 valence electrons. The van der Waals surface area contributed by atoms with Crippen molar-refractivity contribution < 1.29 is 4.79 Å². The van der Waals surface area contributed by atoms with Gasteiger partial charge in [0.25, 0.3) is 0 Å². The Morgan fingerprint density at radius 3 is 3.11 bits per heavy atom. The Morgan fingerprint density at radius 1 is 1.37 bits per heavy atom. The van der Waals surface area contributed by atoms with E-state index in [-0.39, 0.29) is 5.91 Å². The summed E-state index contributed by atoms with van der Waals surface area (Å²) in [6.07, 6.45) is 8.89. The Kier molecular flexibility index (Phi) is 6.96. The van der Waals surface area contributed by atoms with Crippen molar-refractivity contribution in [2.24, 2.45) is 5.92 Å². The highest BCUT2D eigenvalue weighted by atomic mass is 16.1. The van der Waals surface area contributed by atoms with Crippen molar-refractivity contribution in [2.75, 3.05) is 29.9 Å². The summed E-state index contributed by atoms with van der Waals surface area (Å²) >= 11 is 0. The minimum Gasteiger partial charge on any atom is -0.370 e. The fourth-order valence-corrected chi connectivity index (χ4v) is 3.43. The second kappa shape index (κ2) is 9.85. The normalized spacial score (nSPS) is 16.8. The molecule has 0 aliphatic carbocycles. The molecule has 27 heavy (non-hydrogen) atoms. The highest BCUT2D eigenvalue weighted by molar-refractivity contribution is 5.75. The molecule has 0 aromatic carbocycles. The third-order valence-electron chi connectivity index (χ3n) is 4.85. The predicted molar refractivity (Wildman–Crippen MR) is 106 cm³/mol. The molecule has 1 fully saturated rings. The fourth-order valence-electron chi connectivity index (χ4n) is 3.43. The average Bonchev–Trinajstić information content (AvgIpc) is 2.72. The summed E-state index contributed by atoms with van der Waals surface area (Å²) in [6, 6.07) is 5.86. The molecular formula is C20H28N6O. The van der Waals surface area contributed by atoms with Crippen molar-refractivity contribution in [3.05, 3.63) is 42.5 Å². The number of rotatable bonds is 8. The highest BCUT2D eigenvalue weighted by Crippen LogP contribution is 2.25. The number of piperidine rings is 1. The standard InChI is InChI=1S/C20H28N6O/c1-2-22-18-11-19(25-15-24-18)26-10-4-6-16(14-26)7-8-20(27)23-13-17-5-3-9-21-12-17/h3,5,9,11-12,15-16H,2,4,6-8,10,13-14H2,1H3,(H,23,27)(H,22,24,25)/t16-/m1/s1. The van der Waals surface area contributed by atoms with Crippen molar-refractivity contribution in [2.45, 2.75) is 39.2 Å². The topological polar surface area (TPSA) is 83.0 Å². The molecule has 2 aromatic rings. The van der Waals surface area contributed by atoms with E-state index >= 15 is 0 Å². The van der Waals surface area contributed by atoms with Crippen LogP contribution in [0.2, 0.25) is 0 Å². The van der Waals surface area contributed by atoms with Gasteiger partial charge >= 0.3 is 0 Å². The summed E-state index contributed by atoms with van der Waals surface area (Å²) < 4.78 is 0. The number of carbonyl (C=O) groups is 1. The molecule has 2 N–H and O–H groups in total. The fraction of sp³-hybridized carbons (Fsp3) is 0.500. The molecule has 3 rings (SSSR count). The van der Waals surface area contributed by atoms with Crippen molar-refractivity contribution >= 4 is 17.5 Å². The smallest absolute Gasteiger partial charge is 0.220 e. The number of pyridine rings is 1. The van der Waals surface area contributed by atoms with Crippen molar-refractivity contribution in [1.82, 2.24) is 20.3 Å². The molecule has 0 bridgehead atoms. The third kappa shape index (κ3) is 5.91. The number of nitrogens with one attached hydrogen (secondary N) is 2. The van der Waals surface area contributed by atoms with E-state index in [0.717, 1.165) is 56.1 Å². The largest absolute Gasteiger partial charge is 0.370 e. The Hall–Kier alpha value is -2.70. The zero-order chi connectivity index (χ0) is 18.9. The van der Waals surface area contributed by atoms with Gasteiger partial charge in [-0.2, -0.15) is 0 Å². The predicted octanol–water partition coefficient (Wildman–Crippen LogP) is 2.62. The highest BCUT2D eigenvalue weighted by Gasteiger charge is 2.22. The molecule has 7 nitrogen and oxygen atoms in total. The lowest BCUT2D eigenvalue weighted by Gasteiger charge is -2.33. The quantitative estimate of drug-likeness (QED) is 0.745. The molecule has 1 aliphatic heterocycles. The minimum absolute atomic E-state index is 0.104. The van der Waals surface area contributed by atoms with Crippen LogP contribution >= 0.6 is 0 Å². The number of aromatic nitrogens is 3. The van der Waals surface area contributed by atoms with Crippen LogP contribution in [0.15, 0.2) is 36.9 Å². The van der Waals surface area contributed by atoms with Crippen LogP contribution in [0.3, 0.4) is 0 Å². The number of anilines is 2. The number of hydrogen-bond donors (Lipinski definition) is 2. The molecule has 0 unspecified atom stereocenters. The summed E-state index contributed by atoms with van der Waals surface area (Å²) in [6.45, 7) is 5.38. The zero-order valence-electron chi connectivity index (χ0n) is 15.9. The first-order valence-corrected chi connectivity index (χ1v) is 9.71. The van der Waals surface area contributed by atoms with Gasteiger partial charge in [0.15, 0.2) is 0 Å². The van der Waals surface area contributed by atoms with Crippen molar-refractivity contribution in [1.29, 1.82) is 0 Å². The monoisotopic (exact) mass is 368 g/mol. The number of hydrogen-bond acceptors (Lipinski definition) is 6. The number of amides is 1. The Bertz CT molecular complexity index is 723. The maximum absolute atomic E-state index is 12.2. The Balaban J connectivity index is 1.45. The molecule has 7 heteroatoms. The van der Waals surface area contributed by atoms with Gasteiger partial charge in [0.2, 0.25) is 5.91 Å². The second-order valence-corrected chi connectivity index (χ2v) is 6.92. The third-order valence-corrected chi connectivity index (χ3v) is 4.85. The van der Waals surface area contributed by atoms with Gasteiger partial charge in [-0.15, -0.1) is 0 Å². The van der Waals surface area contributed by atoms with Crippen LogP contribution in [0.1, 0.15) is 38.2 Å². The molecule has 3 heterocycles. The average molecular weight is 368 g/mol. The maximum Gasteiger partial charge on any atom is 0.220 e.